The Hall–Kier alpha value is -1.48. The molecule has 0 radical (unpaired) electrons. The second-order valence-corrected chi connectivity index (χ2v) is 5.59. The van der Waals surface area contributed by atoms with E-state index in [-0.39, 0.29) is 5.91 Å². The summed E-state index contributed by atoms with van der Waals surface area (Å²) in [5, 5.41) is 4.34. The van der Waals surface area contributed by atoms with Crippen LogP contribution in [0.5, 0.6) is 0 Å². The van der Waals surface area contributed by atoms with Crippen LogP contribution < -0.4 is 5.32 Å². The fourth-order valence-electron chi connectivity index (χ4n) is 2.10. The number of halogens is 3. The van der Waals surface area contributed by atoms with Gasteiger partial charge < -0.3 is 5.32 Å². The first kappa shape index (κ1) is 13.5. The number of amides is 1. The molecule has 0 aliphatic carbocycles. The summed E-state index contributed by atoms with van der Waals surface area (Å²) in [5.74, 6) is -0.196. The molecule has 0 saturated carbocycles. The Bertz CT molecular complexity index is 733. The minimum absolute atomic E-state index is 0.196. The quantitative estimate of drug-likeness (QED) is 0.723. The lowest BCUT2D eigenvalue weighted by molar-refractivity contribution is -0.110. The smallest absolute Gasteiger partial charge is 0.256 e. The van der Waals surface area contributed by atoms with Gasteiger partial charge >= 0.3 is 0 Å². The predicted molar refractivity (Wildman–Crippen MR) is 84.4 cm³/mol. The van der Waals surface area contributed by atoms with Gasteiger partial charge in [0.15, 0.2) is 0 Å². The highest BCUT2D eigenvalue weighted by atomic mass is 35.5. The molecule has 1 heterocycles. The first-order valence-electron chi connectivity index (χ1n) is 5.83. The molecule has 3 rings (SSSR count). The van der Waals surface area contributed by atoms with Gasteiger partial charge in [-0.05, 0) is 30.3 Å². The van der Waals surface area contributed by atoms with E-state index in [1.807, 2.05) is 0 Å². The molecule has 2 aromatic rings. The van der Waals surface area contributed by atoms with Gasteiger partial charge in [-0.3, -0.25) is 4.79 Å². The first-order valence-corrected chi connectivity index (χ1v) is 6.96. The fraction of sp³-hybridized carbons (Fsp3) is 0. The molecule has 1 aliphatic rings. The van der Waals surface area contributed by atoms with Crippen LogP contribution in [-0.4, -0.2) is 5.91 Å². The van der Waals surface area contributed by atoms with Gasteiger partial charge in [-0.2, -0.15) is 0 Å². The number of anilines is 1. The van der Waals surface area contributed by atoms with Crippen molar-refractivity contribution in [2.75, 3.05) is 5.32 Å². The van der Waals surface area contributed by atoms with Crippen LogP contribution in [-0.2, 0) is 4.79 Å². The van der Waals surface area contributed by atoms with Crippen LogP contribution in [0, 0.1) is 0 Å². The van der Waals surface area contributed by atoms with Crippen LogP contribution in [0.1, 0.15) is 11.1 Å². The molecule has 100 valence electrons. The van der Waals surface area contributed by atoms with Crippen LogP contribution >= 0.6 is 34.8 Å². The van der Waals surface area contributed by atoms with Crippen molar-refractivity contribution in [3.05, 3.63) is 62.6 Å². The van der Waals surface area contributed by atoms with Gasteiger partial charge in [-0.25, -0.2) is 0 Å². The van der Waals surface area contributed by atoms with E-state index < -0.39 is 0 Å². The Morgan fingerprint density at radius 2 is 1.70 bits per heavy atom. The van der Waals surface area contributed by atoms with Crippen LogP contribution in [0.2, 0.25) is 15.1 Å². The lowest BCUT2D eigenvalue weighted by atomic mass is 10.0. The normalized spacial score (nSPS) is 15.3. The molecular formula is C15H8Cl3NO. The molecule has 1 amide bonds. The number of carbonyl (C=O) groups is 1. The molecular weight excluding hydrogens is 317 g/mol. The molecule has 2 aromatic carbocycles. The maximum atomic E-state index is 12.1. The summed E-state index contributed by atoms with van der Waals surface area (Å²) in [5.41, 5.74) is 2.63. The SMILES string of the molecule is O=C1Nc2cc(Cl)ccc2C1=Cc1c(Cl)cccc1Cl. The van der Waals surface area contributed by atoms with Gasteiger partial charge in [-0.1, -0.05) is 46.9 Å². The maximum Gasteiger partial charge on any atom is 0.256 e. The van der Waals surface area contributed by atoms with Crippen LogP contribution in [0.4, 0.5) is 5.69 Å². The zero-order valence-corrected chi connectivity index (χ0v) is 12.4. The van der Waals surface area contributed by atoms with Crippen molar-refractivity contribution in [1.82, 2.24) is 0 Å². The van der Waals surface area contributed by atoms with E-state index in [4.69, 9.17) is 34.8 Å². The van der Waals surface area contributed by atoms with Crippen LogP contribution in [0.25, 0.3) is 11.6 Å². The highest BCUT2D eigenvalue weighted by Gasteiger charge is 2.24. The Kier molecular flexibility index (Phi) is 3.47. The van der Waals surface area contributed by atoms with E-state index in [0.717, 1.165) is 5.56 Å². The van der Waals surface area contributed by atoms with E-state index in [2.05, 4.69) is 5.32 Å². The molecule has 20 heavy (non-hydrogen) atoms. The van der Waals surface area contributed by atoms with Crippen molar-refractivity contribution in [3.8, 4) is 0 Å². The average Bonchev–Trinajstić information content (AvgIpc) is 2.69. The number of carbonyl (C=O) groups excluding carboxylic acids is 1. The Labute approximate surface area is 131 Å². The molecule has 1 aliphatic heterocycles. The van der Waals surface area contributed by atoms with Gasteiger partial charge in [0.2, 0.25) is 0 Å². The van der Waals surface area contributed by atoms with Gasteiger partial charge in [-0.15, -0.1) is 0 Å². The Balaban J connectivity index is 2.16. The zero-order chi connectivity index (χ0) is 14.3. The molecule has 0 bridgehead atoms. The number of rotatable bonds is 1. The van der Waals surface area contributed by atoms with Crippen molar-refractivity contribution in [2.24, 2.45) is 0 Å². The summed E-state index contributed by atoms with van der Waals surface area (Å²) >= 11 is 18.2. The summed E-state index contributed by atoms with van der Waals surface area (Å²) < 4.78 is 0. The lowest BCUT2D eigenvalue weighted by Gasteiger charge is -2.03. The van der Waals surface area contributed by atoms with Gasteiger partial charge in [0.1, 0.15) is 0 Å². The van der Waals surface area contributed by atoms with E-state index in [9.17, 15) is 4.79 Å². The maximum absolute atomic E-state index is 12.1. The van der Waals surface area contributed by atoms with E-state index in [1.54, 1.807) is 42.5 Å². The van der Waals surface area contributed by atoms with E-state index in [0.29, 0.717) is 31.9 Å². The average molecular weight is 325 g/mol. The van der Waals surface area contributed by atoms with Crippen molar-refractivity contribution in [2.45, 2.75) is 0 Å². The summed E-state index contributed by atoms with van der Waals surface area (Å²) in [7, 11) is 0. The van der Waals surface area contributed by atoms with E-state index >= 15 is 0 Å². The highest BCUT2D eigenvalue weighted by molar-refractivity contribution is 6.40. The number of nitrogens with one attached hydrogen (secondary N) is 1. The predicted octanol–water partition coefficient (Wildman–Crippen LogP) is 5.14. The second-order valence-electron chi connectivity index (χ2n) is 4.34. The van der Waals surface area contributed by atoms with Crippen molar-refractivity contribution >= 4 is 58.0 Å². The Morgan fingerprint density at radius 3 is 2.40 bits per heavy atom. The molecule has 2 nitrogen and oxygen atoms in total. The third kappa shape index (κ3) is 2.31. The molecule has 5 heteroatoms. The summed E-state index contributed by atoms with van der Waals surface area (Å²) in [6, 6.07) is 10.5. The minimum atomic E-state index is -0.196. The van der Waals surface area contributed by atoms with Gasteiger partial charge in [0, 0.05) is 31.8 Å². The number of fused-ring (bicyclic) bond motifs is 1. The topological polar surface area (TPSA) is 29.1 Å². The number of hydrogen-bond donors (Lipinski definition) is 1. The molecule has 0 saturated heterocycles. The first-order chi connectivity index (χ1) is 9.56. The van der Waals surface area contributed by atoms with Gasteiger partial charge in [0.25, 0.3) is 5.91 Å². The van der Waals surface area contributed by atoms with Crippen LogP contribution in [0.3, 0.4) is 0 Å². The molecule has 0 aromatic heterocycles. The minimum Gasteiger partial charge on any atom is -0.321 e. The number of benzene rings is 2. The lowest BCUT2D eigenvalue weighted by Crippen LogP contribution is -2.03. The summed E-state index contributed by atoms with van der Waals surface area (Å²) in [4.78, 5) is 12.1. The zero-order valence-electron chi connectivity index (χ0n) is 10.1. The molecule has 0 unspecified atom stereocenters. The monoisotopic (exact) mass is 323 g/mol. The molecule has 0 fully saturated rings. The Morgan fingerprint density at radius 1 is 1.00 bits per heavy atom. The van der Waals surface area contributed by atoms with Crippen molar-refractivity contribution in [3.63, 3.8) is 0 Å². The fourth-order valence-corrected chi connectivity index (χ4v) is 2.78. The molecule has 1 N–H and O–H groups in total. The standard InChI is InChI=1S/C15H8Cl3NO/c16-8-4-5-9-10(15(20)19-14(9)6-8)7-11-12(17)2-1-3-13(11)18/h1-7H,(H,19,20). The summed E-state index contributed by atoms with van der Waals surface area (Å²) in [6.07, 6.45) is 1.69. The van der Waals surface area contributed by atoms with Crippen molar-refractivity contribution < 1.29 is 4.79 Å². The largest absolute Gasteiger partial charge is 0.321 e. The molecule has 0 spiro atoms. The molecule has 0 atom stereocenters. The third-order valence-electron chi connectivity index (χ3n) is 3.05. The third-order valence-corrected chi connectivity index (χ3v) is 3.95. The van der Waals surface area contributed by atoms with Crippen LogP contribution in [0.15, 0.2) is 36.4 Å². The summed E-state index contributed by atoms with van der Waals surface area (Å²) in [6.45, 7) is 0. The second kappa shape index (κ2) is 5.13. The van der Waals surface area contributed by atoms with E-state index in [1.165, 1.54) is 0 Å². The highest BCUT2D eigenvalue weighted by Crippen LogP contribution is 2.37. The van der Waals surface area contributed by atoms with Gasteiger partial charge in [0.05, 0.1) is 5.69 Å². The van der Waals surface area contributed by atoms with Crippen molar-refractivity contribution in [1.29, 1.82) is 0 Å². The number of hydrogen-bond acceptors (Lipinski definition) is 1.